The van der Waals surface area contributed by atoms with Crippen LogP contribution in [0.25, 0.3) is 0 Å². The molecule has 1 N–H and O–H groups in total. The number of halogens is 2. The molecule has 0 saturated heterocycles. The van der Waals surface area contributed by atoms with E-state index in [2.05, 4.69) is 0 Å². The Labute approximate surface area is 111 Å². The van der Waals surface area contributed by atoms with E-state index in [4.69, 9.17) is 0 Å². The van der Waals surface area contributed by atoms with Crippen molar-refractivity contribution in [1.82, 2.24) is 4.90 Å². The zero-order valence-electron chi connectivity index (χ0n) is 11.4. The second-order valence-corrected chi connectivity index (χ2v) is 5.10. The lowest BCUT2D eigenvalue weighted by molar-refractivity contribution is -0.133. The maximum absolute atomic E-state index is 13.5. The van der Waals surface area contributed by atoms with Crippen LogP contribution in [0.1, 0.15) is 26.3 Å². The maximum atomic E-state index is 13.5. The van der Waals surface area contributed by atoms with E-state index in [1.165, 1.54) is 11.0 Å². The molecule has 19 heavy (non-hydrogen) atoms. The molecule has 5 heteroatoms. The van der Waals surface area contributed by atoms with Gasteiger partial charge in [0.05, 0.1) is 12.0 Å². The highest BCUT2D eigenvalue weighted by Gasteiger charge is 2.23. The second kappa shape index (κ2) is 6.10. The minimum absolute atomic E-state index is 0.123. The number of benzene rings is 1. The Balaban J connectivity index is 2.83. The first-order valence-corrected chi connectivity index (χ1v) is 6.17. The summed E-state index contributed by atoms with van der Waals surface area (Å²) >= 11 is 0. The summed E-state index contributed by atoms with van der Waals surface area (Å²) in [5, 5.41) is 9.70. The number of nitrogens with zero attached hydrogens (tertiary/aromatic N) is 1. The van der Waals surface area contributed by atoms with Gasteiger partial charge in [-0.2, -0.15) is 0 Å². The van der Waals surface area contributed by atoms with Gasteiger partial charge in [0.1, 0.15) is 11.6 Å². The number of aliphatic hydroxyl groups is 1. The van der Waals surface area contributed by atoms with Gasteiger partial charge in [-0.3, -0.25) is 4.79 Å². The number of amides is 1. The summed E-state index contributed by atoms with van der Waals surface area (Å²) < 4.78 is 26.9. The fraction of sp³-hybridized carbons (Fsp3) is 0.500. The minimum Gasteiger partial charge on any atom is -0.389 e. The lowest BCUT2D eigenvalue weighted by Gasteiger charge is -2.28. The van der Waals surface area contributed by atoms with Crippen molar-refractivity contribution >= 4 is 5.91 Å². The Kier molecular flexibility index (Phi) is 5.00. The number of rotatable bonds is 5. The Bertz CT molecular complexity index is 435. The van der Waals surface area contributed by atoms with Crippen molar-refractivity contribution in [3.63, 3.8) is 0 Å². The Morgan fingerprint density at radius 3 is 2.26 bits per heavy atom. The van der Waals surface area contributed by atoms with Gasteiger partial charge in [0.2, 0.25) is 5.91 Å². The Morgan fingerprint density at radius 1 is 1.32 bits per heavy atom. The molecule has 0 aliphatic carbocycles. The van der Waals surface area contributed by atoms with Crippen molar-refractivity contribution in [3.05, 3.63) is 35.4 Å². The third kappa shape index (κ3) is 4.59. The molecule has 0 heterocycles. The lowest BCUT2D eigenvalue weighted by atomic mass is 10.1. The van der Waals surface area contributed by atoms with E-state index >= 15 is 0 Å². The molecule has 0 radical (unpaired) electrons. The molecule has 0 aliphatic heterocycles. The predicted molar refractivity (Wildman–Crippen MR) is 68.6 cm³/mol. The molecular formula is C14H19F2NO2. The van der Waals surface area contributed by atoms with Gasteiger partial charge in [-0.05, 0) is 32.9 Å². The third-order valence-electron chi connectivity index (χ3n) is 2.70. The summed E-state index contributed by atoms with van der Waals surface area (Å²) in [4.78, 5) is 13.4. The van der Waals surface area contributed by atoms with Gasteiger partial charge in [-0.25, -0.2) is 8.78 Å². The van der Waals surface area contributed by atoms with Crippen LogP contribution in [-0.2, 0) is 11.2 Å². The highest BCUT2D eigenvalue weighted by molar-refractivity contribution is 5.79. The zero-order chi connectivity index (χ0) is 14.6. The highest BCUT2D eigenvalue weighted by Crippen LogP contribution is 2.14. The van der Waals surface area contributed by atoms with Gasteiger partial charge in [0, 0.05) is 18.7 Å². The molecule has 0 aromatic heterocycles. The van der Waals surface area contributed by atoms with Crippen molar-refractivity contribution in [1.29, 1.82) is 0 Å². The van der Waals surface area contributed by atoms with Crippen LogP contribution in [-0.4, -0.2) is 34.6 Å². The quantitative estimate of drug-likeness (QED) is 0.891. The van der Waals surface area contributed by atoms with Gasteiger partial charge in [0.25, 0.3) is 0 Å². The largest absolute Gasteiger partial charge is 0.389 e. The molecule has 1 amide bonds. The molecule has 0 spiro atoms. The summed E-state index contributed by atoms with van der Waals surface area (Å²) in [6, 6.07) is 3.50. The first-order chi connectivity index (χ1) is 8.74. The van der Waals surface area contributed by atoms with Crippen LogP contribution in [0, 0.1) is 11.6 Å². The van der Waals surface area contributed by atoms with E-state index in [1.54, 1.807) is 20.8 Å². The van der Waals surface area contributed by atoms with Crippen LogP contribution in [0.15, 0.2) is 18.2 Å². The minimum atomic E-state index is -1.04. The summed E-state index contributed by atoms with van der Waals surface area (Å²) in [7, 11) is 0. The van der Waals surface area contributed by atoms with Crippen LogP contribution in [0.3, 0.4) is 0 Å². The topological polar surface area (TPSA) is 40.5 Å². The van der Waals surface area contributed by atoms with Crippen molar-refractivity contribution in [2.45, 2.75) is 32.8 Å². The molecule has 3 nitrogen and oxygen atoms in total. The van der Waals surface area contributed by atoms with Crippen LogP contribution in [0.2, 0.25) is 0 Å². The standard InChI is InChI=1S/C14H19F2NO2/c1-4-17(9-14(2,3)19)13(18)8-10-11(15)6-5-7-12(10)16/h5-7,19H,4,8-9H2,1-3H3. The molecule has 1 aromatic rings. The molecule has 0 fully saturated rings. The second-order valence-electron chi connectivity index (χ2n) is 5.10. The number of carbonyl (C=O) groups is 1. The van der Waals surface area contributed by atoms with E-state index in [0.717, 1.165) is 12.1 Å². The van der Waals surface area contributed by atoms with Crippen molar-refractivity contribution < 1.29 is 18.7 Å². The molecule has 1 aromatic carbocycles. The number of carbonyl (C=O) groups excluding carboxylic acids is 1. The van der Waals surface area contributed by atoms with Crippen LogP contribution < -0.4 is 0 Å². The summed E-state index contributed by atoms with van der Waals surface area (Å²) in [6.07, 6.45) is -0.345. The molecule has 0 atom stereocenters. The van der Waals surface area contributed by atoms with E-state index in [9.17, 15) is 18.7 Å². The molecule has 1 rings (SSSR count). The number of hydrogen-bond acceptors (Lipinski definition) is 2. The number of likely N-dealkylation sites (N-methyl/N-ethyl adjacent to an activating group) is 1. The van der Waals surface area contributed by atoms with Gasteiger partial charge in [-0.15, -0.1) is 0 Å². The third-order valence-corrected chi connectivity index (χ3v) is 2.70. The first kappa shape index (κ1) is 15.6. The van der Waals surface area contributed by atoms with Gasteiger partial charge < -0.3 is 10.0 Å². The normalized spacial score (nSPS) is 11.5. The van der Waals surface area contributed by atoms with E-state index < -0.39 is 23.1 Å². The SMILES string of the molecule is CCN(CC(C)(C)O)C(=O)Cc1c(F)cccc1F. The van der Waals surface area contributed by atoms with E-state index in [-0.39, 0.29) is 18.5 Å². The van der Waals surface area contributed by atoms with Crippen molar-refractivity contribution in [2.75, 3.05) is 13.1 Å². The van der Waals surface area contributed by atoms with Gasteiger partial charge in [-0.1, -0.05) is 6.07 Å². The Morgan fingerprint density at radius 2 is 1.84 bits per heavy atom. The van der Waals surface area contributed by atoms with E-state index in [1.807, 2.05) is 0 Å². The average molecular weight is 271 g/mol. The smallest absolute Gasteiger partial charge is 0.227 e. The van der Waals surface area contributed by atoms with Crippen LogP contribution in [0.4, 0.5) is 8.78 Å². The monoisotopic (exact) mass is 271 g/mol. The van der Waals surface area contributed by atoms with Gasteiger partial charge >= 0.3 is 0 Å². The van der Waals surface area contributed by atoms with Gasteiger partial charge in [0.15, 0.2) is 0 Å². The molecular weight excluding hydrogens is 252 g/mol. The lowest BCUT2D eigenvalue weighted by Crippen LogP contribution is -2.42. The summed E-state index contributed by atoms with van der Waals surface area (Å²) in [6.45, 7) is 5.40. The first-order valence-electron chi connectivity index (χ1n) is 6.17. The van der Waals surface area contributed by atoms with Crippen molar-refractivity contribution in [3.8, 4) is 0 Å². The molecule has 106 valence electrons. The number of hydrogen-bond donors (Lipinski definition) is 1. The Hall–Kier alpha value is -1.49. The molecule has 0 saturated carbocycles. The summed E-state index contributed by atoms with van der Waals surface area (Å²) in [5.41, 5.74) is -1.28. The highest BCUT2D eigenvalue weighted by atomic mass is 19.1. The molecule has 0 aliphatic rings. The zero-order valence-corrected chi connectivity index (χ0v) is 11.4. The van der Waals surface area contributed by atoms with Crippen molar-refractivity contribution in [2.24, 2.45) is 0 Å². The molecule has 0 unspecified atom stereocenters. The van der Waals surface area contributed by atoms with Crippen LogP contribution >= 0.6 is 0 Å². The fourth-order valence-electron chi connectivity index (χ4n) is 1.81. The van der Waals surface area contributed by atoms with Crippen LogP contribution in [0.5, 0.6) is 0 Å². The van der Waals surface area contributed by atoms with E-state index in [0.29, 0.717) is 6.54 Å². The summed E-state index contributed by atoms with van der Waals surface area (Å²) in [5.74, 6) is -1.87. The fourth-order valence-corrected chi connectivity index (χ4v) is 1.81. The average Bonchev–Trinajstić information content (AvgIpc) is 2.29. The predicted octanol–water partition coefficient (Wildman–Crippen LogP) is 2.13. The molecule has 0 bridgehead atoms. The maximum Gasteiger partial charge on any atom is 0.227 e.